The van der Waals surface area contributed by atoms with E-state index in [-0.39, 0.29) is 1720 Å². The van der Waals surface area contributed by atoms with E-state index in [4.69, 9.17) is 14.2 Å². The minimum Gasteiger partial charge on any atom is -0.446 e. The van der Waals surface area contributed by atoms with Gasteiger partial charge in [0.15, 0.2) is 0 Å². The molecule has 0 heterocycles. The molecule has 60 heteroatoms. The number of hydrogen-bond donors (Lipinski definition) is 2. The van der Waals surface area contributed by atoms with Crippen molar-refractivity contribution in [3.05, 3.63) is 11.6 Å². The van der Waals surface area contributed by atoms with Crippen LogP contribution in [-0.4, -0.2) is 42.7 Å². The van der Waals surface area contributed by atoms with Crippen LogP contribution in [0.5, 0.6) is 0 Å². The molecular weight excluding hydrogens is 5180 g/mol. The van der Waals surface area contributed by atoms with Gasteiger partial charge in [-0.1, -0.05) is 59.1 Å². The fourth-order valence-electron chi connectivity index (χ4n) is 9.76. The van der Waals surface area contributed by atoms with Crippen molar-refractivity contribution in [1.29, 1.82) is 0 Å². The number of alkyl carbamates (subject to hydrolysis) is 1. The Hall–Kier alpha value is 56.2. The third-order valence-corrected chi connectivity index (χ3v) is 12.9. The summed E-state index contributed by atoms with van der Waals surface area (Å²) in [4.78, 5) is 34.0. The van der Waals surface area contributed by atoms with Gasteiger partial charge in [0.2, 0.25) is 0 Å². The second kappa shape index (κ2) is 217. The van der Waals surface area contributed by atoms with E-state index in [2.05, 4.69) is 32.2 Å². The van der Waals surface area contributed by atoms with Gasteiger partial charge >= 0.3 is 13.7 Å². The van der Waals surface area contributed by atoms with Crippen LogP contribution in [0, 0.1) is 46.3 Å². The molecule has 1 amide bonds. The Labute approximate surface area is 1890 Å². The number of ketones is 1. The smallest absolute Gasteiger partial charge is 0.407 e. The van der Waals surface area contributed by atoms with Crippen molar-refractivity contribution >= 4 is 19.5 Å². The summed E-state index contributed by atoms with van der Waals surface area (Å²) < 4.78 is 21.9. The molecule has 1 unspecified atom stereocenters. The molecule has 52 radical (unpaired) electrons. The van der Waals surface area contributed by atoms with E-state index in [0.717, 1.165) is 81.5 Å². The first-order valence-electron chi connectivity index (χ1n) is 17.4. The van der Waals surface area contributed by atoms with Crippen molar-refractivity contribution in [1.82, 2.24) is 5.32 Å². The third kappa shape index (κ3) is 161. The number of fused-ring (bicyclic) bond motifs is 5. The van der Waals surface area contributed by atoms with Crippen LogP contribution in [0.25, 0.3) is 0 Å². The van der Waals surface area contributed by atoms with Crippen LogP contribution in [0.4, 0.5) is 4.79 Å². The number of unbranched alkanes of at least 4 members (excludes halogenated alkanes) is 3. The first-order valence-corrected chi connectivity index (χ1v) is 19.4. The standard InChI is InChI=1S/C35H60NO6P.52Y/c1-24(2)32(37)16-11-25(3)29-14-15-30-28-13-12-26-23-27(17-19-34(26,4)31(28)18-20-35(29,30)5)42-33(38)36-21-9-7-8-10-22-41-43(6,39)40;;;;;;;;;;;;;;;;;;;;;;;;;;;;;;;;;;;;;;;;;;;;;;;;;;;;/h12,24-25,27-31H,7-11,13-23H2,1-6H3,(H,36,38)(H,39,40);;;;;;;;;;;;;;;;;;;;;;;;;;;;;;;;;;;;;;;;;;;;;;;;;;;;/t25-,27+,28+,29-,30+,31+,34+,35-;;;;;;;;;;;;;;;;;;;;;;;;;;;;;;;;;;;;;;;;;;;;;;;;;;;;/m1..................................................../s1. The van der Waals surface area contributed by atoms with Crippen LogP contribution in [0.15, 0.2) is 11.6 Å². The molecule has 0 bridgehead atoms. The van der Waals surface area contributed by atoms with E-state index in [0.29, 0.717) is 30.3 Å². The number of allylic oxidation sites excluding steroid dienone is 1. The topological polar surface area (TPSA) is 102 Å². The largest absolute Gasteiger partial charge is 0.446 e. The molecule has 7 nitrogen and oxygen atoms in total. The normalized spacial score (nSPS) is 16.1. The second-order valence-electron chi connectivity index (χ2n) is 15.4. The number of carbonyl (C=O) groups is 2. The molecule has 0 aromatic heterocycles. The first kappa shape index (κ1) is 327. The number of amides is 1. The summed E-state index contributed by atoms with van der Waals surface area (Å²) in [7, 11) is -3.39. The Morgan fingerprint density at radius 3 is 1.15 bits per heavy atom. The minimum absolute atomic E-state index is 0. The molecular formula is C35H60NO6PY52. The zero-order chi connectivity index (χ0) is 31.4. The van der Waals surface area contributed by atoms with E-state index < -0.39 is 7.60 Å². The molecule has 9 atom stereocenters. The fourth-order valence-corrected chi connectivity index (χ4v) is 10.2. The summed E-state index contributed by atoms with van der Waals surface area (Å²) >= 11 is 0. The summed E-state index contributed by atoms with van der Waals surface area (Å²) in [5, 5.41) is 2.92. The van der Waals surface area contributed by atoms with Crippen LogP contribution >= 0.6 is 7.60 Å². The van der Waals surface area contributed by atoms with Gasteiger partial charge < -0.3 is 19.5 Å². The molecule has 3 saturated carbocycles. The van der Waals surface area contributed by atoms with E-state index in [1.54, 1.807) is 0 Å². The fraction of sp³-hybridized carbons (Fsp3) is 0.886. The molecule has 4 aliphatic carbocycles. The van der Waals surface area contributed by atoms with E-state index in [9.17, 15) is 14.2 Å². The van der Waals surface area contributed by atoms with Gasteiger partial charge in [-0.15, -0.1) is 0 Å². The maximum Gasteiger partial charge on any atom is 0.407 e. The van der Waals surface area contributed by atoms with Crippen molar-refractivity contribution in [2.75, 3.05) is 19.8 Å². The van der Waals surface area contributed by atoms with Crippen molar-refractivity contribution in [2.24, 2.45) is 46.3 Å². The van der Waals surface area contributed by atoms with Crippen LogP contribution in [0.3, 0.4) is 0 Å². The minimum atomic E-state index is -3.39. The van der Waals surface area contributed by atoms with Crippen LogP contribution in [-0.2, 0) is 1720 Å². The number of Topliss-reactive ketones (excluding diaryl/α,β-unsaturated/α-hetero) is 1. The third-order valence-electron chi connectivity index (χ3n) is 12.3. The molecule has 4 aliphatic rings. The first-order chi connectivity index (χ1) is 20.2. The number of carbonyl (C=O) groups excluding carboxylic acids is 2. The number of ether oxygens (including phenoxy) is 1. The monoisotopic (exact) mass is 5240 g/mol. The molecule has 0 aromatic carbocycles. The maximum atomic E-state index is 12.5. The molecule has 4 rings (SSSR count). The average Bonchev–Trinajstić information content (AvgIpc) is 3.29. The second-order valence-corrected chi connectivity index (χ2v) is 17.2. The summed E-state index contributed by atoms with van der Waals surface area (Å²) in [5.41, 5.74) is 2.14. The zero-order valence-electron chi connectivity index (χ0n) is 57.9. The molecule has 0 aliphatic heterocycles. The van der Waals surface area contributed by atoms with E-state index >= 15 is 0 Å². The predicted molar refractivity (Wildman–Crippen MR) is 172 cm³/mol. The molecule has 0 aromatic rings. The van der Waals surface area contributed by atoms with Gasteiger partial charge in [0, 0.05) is 1730 Å². The van der Waals surface area contributed by atoms with Gasteiger partial charge in [-0.3, -0.25) is 9.36 Å². The Balaban J connectivity index is -0.00000000866. The van der Waals surface area contributed by atoms with Crippen molar-refractivity contribution in [2.45, 2.75) is 131 Å². The summed E-state index contributed by atoms with van der Waals surface area (Å²) in [6.45, 7) is 13.6. The van der Waals surface area contributed by atoms with Crippen molar-refractivity contribution in [3.63, 3.8) is 0 Å². The quantitative estimate of drug-likeness (QED) is 0.103. The SMILES string of the molecule is CC(C)C(=O)CC[C@@H](C)[C@H]1CC[C@H]2[C@@H]3CC=C4C[C@@H](OC(=O)NCCCCCCOP(C)(=O)O)CC[C@]4(C)[C@H]3CC[C@]12C.[Y].[Y].[Y].[Y].[Y].[Y].[Y].[Y].[Y].[Y].[Y].[Y].[Y].[Y].[Y].[Y].[Y].[Y].[Y].[Y].[Y].[Y].[Y].[Y].[Y].[Y].[Y].[Y].[Y].[Y].[Y].[Y].[Y].[Y].[Y].[Y].[Y].[Y].[Y].[Y].[Y].[Y].[Y].[Y].[Y].[Y].[Y].[Y].[Y].[Y].[Y].[Y]. The summed E-state index contributed by atoms with van der Waals surface area (Å²) in [6, 6.07) is 0. The van der Waals surface area contributed by atoms with Gasteiger partial charge in [-0.05, 0) is 105 Å². The number of nitrogens with one attached hydrogen (secondary N) is 1. The van der Waals surface area contributed by atoms with Crippen molar-refractivity contribution in [3.8, 4) is 0 Å². The molecule has 0 saturated heterocycles. The van der Waals surface area contributed by atoms with E-state index in [1.165, 1.54) is 44.3 Å². The van der Waals surface area contributed by atoms with Gasteiger partial charge in [-0.2, -0.15) is 0 Å². The van der Waals surface area contributed by atoms with E-state index in [1.807, 2.05) is 13.8 Å². The Bertz CT molecular complexity index is 1150. The Morgan fingerprint density at radius 2 is 0.821 bits per heavy atom. The maximum absolute atomic E-state index is 12.5. The Kier molecular flexibility index (Phi) is 745. The molecule has 2 N–H and O–H groups in total. The van der Waals surface area contributed by atoms with Crippen molar-refractivity contribution < 1.29 is 1730 Å². The predicted octanol–water partition coefficient (Wildman–Crippen LogP) is 8.56. The molecule has 0 spiro atoms. The molecule has 402 valence electrons. The molecule has 95 heavy (non-hydrogen) atoms. The Morgan fingerprint density at radius 1 is 0.484 bits per heavy atom. The number of rotatable bonds is 14. The summed E-state index contributed by atoms with van der Waals surface area (Å²) in [5.74, 6) is 4.17. The summed E-state index contributed by atoms with van der Waals surface area (Å²) in [6.07, 6.45) is 16.7. The number of hydrogen-bond acceptors (Lipinski definition) is 5. The van der Waals surface area contributed by atoms with Crippen LogP contribution < -0.4 is 5.32 Å². The van der Waals surface area contributed by atoms with Crippen LogP contribution in [0.1, 0.15) is 125 Å². The van der Waals surface area contributed by atoms with Gasteiger partial charge in [0.25, 0.3) is 0 Å². The zero-order valence-corrected chi connectivity index (χ0v) is 206. The van der Waals surface area contributed by atoms with Crippen LogP contribution in [0.2, 0.25) is 0 Å². The van der Waals surface area contributed by atoms with Gasteiger partial charge in [0.05, 0.1) is 6.61 Å². The average molecular weight is 5240 g/mol. The van der Waals surface area contributed by atoms with Gasteiger partial charge in [0.1, 0.15) is 11.9 Å². The van der Waals surface area contributed by atoms with Gasteiger partial charge in [-0.25, -0.2) is 4.79 Å². The molecule has 3 fully saturated rings.